The molecule has 3 saturated carbocycles. The third-order valence-electron chi connectivity index (χ3n) is 14.0. The van der Waals surface area contributed by atoms with Gasteiger partial charge in [0.1, 0.15) is 11.2 Å². The Morgan fingerprint density at radius 1 is 0.448 bits per heavy atom. The standard InChI is InChI=1S/C55H50N2O/c1-4-13-40(14-5-1)41-24-31-47(32-25-41)56(45-15-6-2-7-16-45)48-33-27-42(28-34-48)55(38-39-23-26-44(55)37-39)43-29-35-49(36-30-43)57(46-17-8-3-9-18-46)51-20-12-22-53-54(51)50-19-10-11-21-52(50)58-53/h2-3,6-12,15-22,24-25,27-36,39-40,44H,1,4-5,13-14,23,26,37-38H2. The van der Waals surface area contributed by atoms with Crippen molar-refractivity contribution in [2.24, 2.45) is 11.8 Å². The monoisotopic (exact) mass is 754 g/mol. The second kappa shape index (κ2) is 14.7. The van der Waals surface area contributed by atoms with Gasteiger partial charge in [-0.3, -0.25) is 0 Å². The van der Waals surface area contributed by atoms with E-state index in [4.69, 9.17) is 4.42 Å². The van der Waals surface area contributed by atoms with Crippen LogP contribution in [0.15, 0.2) is 180 Å². The topological polar surface area (TPSA) is 19.6 Å². The summed E-state index contributed by atoms with van der Waals surface area (Å²) >= 11 is 0. The van der Waals surface area contributed by atoms with E-state index < -0.39 is 0 Å². The molecule has 8 aromatic rings. The Morgan fingerprint density at radius 3 is 1.62 bits per heavy atom. The second-order valence-corrected chi connectivity index (χ2v) is 17.2. The van der Waals surface area contributed by atoms with Crippen LogP contribution in [0.25, 0.3) is 21.9 Å². The number of para-hydroxylation sites is 3. The number of hydrogen-bond donors (Lipinski definition) is 0. The lowest BCUT2D eigenvalue weighted by molar-refractivity contribution is 0.320. The highest BCUT2D eigenvalue weighted by atomic mass is 16.3. The molecule has 3 unspecified atom stereocenters. The molecule has 3 aliphatic rings. The molecule has 0 N–H and O–H groups in total. The first-order chi connectivity index (χ1) is 28.7. The molecule has 2 bridgehead atoms. The average molecular weight is 755 g/mol. The zero-order valence-corrected chi connectivity index (χ0v) is 33.1. The molecule has 1 aromatic heterocycles. The van der Waals surface area contributed by atoms with Gasteiger partial charge in [0.2, 0.25) is 0 Å². The summed E-state index contributed by atoms with van der Waals surface area (Å²) < 4.78 is 6.36. The van der Waals surface area contributed by atoms with E-state index in [-0.39, 0.29) is 5.41 Å². The highest BCUT2D eigenvalue weighted by Crippen LogP contribution is 2.60. The summed E-state index contributed by atoms with van der Waals surface area (Å²) in [6.45, 7) is 0. The van der Waals surface area contributed by atoms with Gasteiger partial charge in [-0.25, -0.2) is 0 Å². The number of hydrogen-bond acceptors (Lipinski definition) is 3. The molecule has 1 heterocycles. The van der Waals surface area contributed by atoms with E-state index in [1.165, 1.54) is 91.5 Å². The van der Waals surface area contributed by atoms with E-state index in [1.54, 1.807) is 0 Å². The van der Waals surface area contributed by atoms with Crippen LogP contribution in [0.3, 0.4) is 0 Å². The molecular formula is C55H50N2O. The van der Waals surface area contributed by atoms with Crippen molar-refractivity contribution in [3.05, 3.63) is 193 Å². The minimum absolute atomic E-state index is 0.00243. The van der Waals surface area contributed by atoms with E-state index in [1.807, 2.05) is 6.07 Å². The van der Waals surface area contributed by atoms with Crippen LogP contribution in [0.5, 0.6) is 0 Å². The lowest BCUT2D eigenvalue weighted by Crippen LogP contribution is -2.34. The van der Waals surface area contributed by atoms with Crippen LogP contribution in [0.2, 0.25) is 0 Å². The van der Waals surface area contributed by atoms with Crippen molar-refractivity contribution < 1.29 is 4.42 Å². The van der Waals surface area contributed by atoms with Gasteiger partial charge in [0.25, 0.3) is 0 Å². The number of fused-ring (bicyclic) bond motifs is 5. The molecule has 11 rings (SSSR count). The van der Waals surface area contributed by atoms with Crippen LogP contribution in [0, 0.1) is 11.8 Å². The maximum atomic E-state index is 6.36. The van der Waals surface area contributed by atoms with Crippen LogP contribution in [-0.2, 0) is 5.41 Å². The van der Waals surface area contributed by atoms with Crippen LogP contribution in [-0.4, -0.2) is 0 Å². The number of anilines is 6. The Hall–Kier alpha value is -6.06. The fourth-order valence-electron chi connectivity index (χ4n) is 11.3. The van der Waals surface area contributed by atoms with Crippen LogP contribution >= 0.6 is 0 Å². The third-order valence-corrected chi connectivity index (χ3v) is 14.0. The molecule has 3 heteroatoms. The zero-order chi connectivity index (χ0) is 38.5. The van der Waals surface area contributed by atoms with Gasteiger partial charge in [-0.15, -0.1) is 0 Å². The SMILES string of the molecule is c1ccc(N(c2ccc(C3CCCCC3)cc2)c2ccc(C3(c4ccc(N(c5ccccc5)c5cccc6oc7ccccc7c56)cc4)CC4CCC3C4)cc2)cc1. The van der Waals surface area contributed by atoms with Gasteiger partial charge in [-0.05, 0) is 145 Å². The minimum Gasteiger partial charge on any atom is -0.456 e. The predicted molar refractivity (Wildman–Crippen MR) is 242 cm³/mol. The molecule has 58 heavy (non-hydrogen) atoms. The Morgan fingerprint density at radius 2 is 1.00 bits per heavy atom. The Labute approximate surface area is 342 Å². The van der Waals surface area contributed by atoms with Crippen molar-refractivity contribution in [1.29, 1.82) is 0 Å². The quantitative estimate of drug-likeness (QED) is 0.146. The molecule has 3 fully saturated rings. The third kappa shape index (κ3) is 6.02. The first-order valence-electron chi connectivity index (χ1n) is 21.6. The summed E-state index contributed by atoms with van der Waals surface area (Å²) in [7, 11) is 0. The lowest BCUT2D eigenvalue weighted by Gasteiger charge is -2.40. The molecule has 286 valence electrons. The van der Waals surface area contributed by atoms with Crippen molar-refractivity contribution in [2.45, 2.75) is 69.1 Å². The summed E-state index contributed by atoms with van der Waals surface area (Å²) in [4.78, 5) is 4.83. The zero-order valence-electron chi connectivity index (χ0n) is 33.1. The fourth-order valence-corrected chi connectivity index (χ4v) is 11.3. The van der Waals surface area contributed by atoms with Crippen molar-refractivity contribution in [1.82, 2.24) is 0 Å². The highest BCUT2D eigenvalue weighted by Gasteiger charge is 2.52. The van der Waals surface area contributed by atoms with Gasteiger partial charge in [0.15, 0.2) is 0 Å². The Kier molecular flexibility index (Phi) is 8.91. The van der Waals surface area contributed by atoms with Crippen molar-refractivity contribution >= 4 is 56.1 Å². The number of benzene rings is 7. The van der Waals surface area contributed by atoms with E-state index in [9.17, 15) is 0 Å². The minimum atomic E-state index is -0.00243. The summed E-state index contributed by atoms with van der Waals surface area (Å²) in [5.41, 5.74) is 13.2. The molecular weight excluding hydrogens is 705 g/mol. The average Bonchev–Trinajstić information content (AvgIpc) is 4.03. The molecule has 7 aromatic carbocycles. The number of nitrogens with zero attached hydrogens (tertiary/aromatic N) is 2. The summed E-state index contributed by atoms with van der Waals surface area (Å²) in [5.74, 6) is 2.12. The number of rotatable bonds is 9. The van der Waals surface area contributed by atoms with Crippen molar-refractivity contribution in [3.63, 3.8) is 0 Å². The van der Waals surface area contributed by atoms with E-state index >= 15 is 0 Å². The Balaban J connectivity index is 0.967. The van der Waals surface area contributed by atoms with E-state index in [0.717, 1.165) is 44.9 Å². The molecule has 0 spiro atoms. The summed E-state index contributed by atoms with van der Waals surface area (Å²) in [6.07, 6.45) is 11.9. The second-order valence-electron chi connectivity index (χ2n) is 17.2. The van der Waals surface area contributed by atoms with Crippen molar-refractivity contribution in [3.8, 4) is 0 Å². The smallest absolute Gasteiger partial charge is 0.137 e. The predicted octanol–water partition coefficient (Wildman–Crippen LogP) is 15.7. The first-order valence-corrected chi connectivity index (χ1v) is 21.6. The molecule has 3 atom stereocenters. The summed E-state index contributed by atoms with van der Waals surface area (Å²) in [6, 6.07) is 65.2. The van der Waals surface area contributed by atoms with Crippen molar-refractivity contribution in [2.75, 3.05) is 9.80 Å². The first kappa shape index (κ1) is 35.1. The molecule has 0 radical (unpaired) electrons. The van der Waals surface area contributed by atoms with Gasteiger partial charge in [-0.1, -0.05) is 123 Å². The summed E-state index contributed by atoms with van der Waals surface area (Å²) in [5, 5.41) is 2.28. The molecule has 3 aliphatic carbocycles. The maximum Gasteiger partial charge on any atom is 0.137 e. The van der Waals surface area contributed by atoms with Crippen LogP contribution < -0.4 is 9.80 Å². The van der Waals surface area contributed by atoms with Gasteiger partial charge < -0.3 is 14.2 Å². The number of furan rings is 1. The molecule has 0 amide bonds. The molecule has 0 aliphatic heterocycles. The molecule has 3 nitrogen and oxygen atoms in total. The Bertz CT molecular complexity index is 2660. The van der Waals surface area contributed by atoms with Gasteiger partial charge in [0.05, 0.1) is 11.1 Å². The normalized spacial score (nSPS) is 20.5. The highest BCUT2D eigenvalue weighted by molar-refractivity contribution is 6.13. The fraction of sp³-hybridized carbons (Fsp3) is 0.236. The van der Waals surface area contributed by atoms with Gasteiger partial charge in [-0.2, -0.15) is 0 Å². The molecule has 0 saturated heterocycles. The van der Waals surface area contributed by atoms with Crippen LogP contribution in [0.1, 0.15) is 80.4 Å². The maximum absolute atomic E-state index is 6.36. The van der Waals surface area contributed by atoms with Gasteiger partial charge in [0, 0.05) is 39.2 Å². The largest absolute Gasteiger partial charge is 0.456 e. The van der Waals surface area contributed by atoms with E-state index in [2.05, 4.69) is 180 Å². The lowest BCUT2D eigenvalue weighted by atomic mass is 9.64. The van der Waals surface area contributed by atoms with Crippen LogP contribution in [0.4, 0.5) is 34.1 Å². The van der Waals surface area contributed by atoms with Gasteiger partial charge >= 0.3 is 0 Å². The van der Waals surface area contributed by atoms with E-state index in [0.29, 0.717) is 11.8 Å².